The lowest BCUT2D eigenvalue weighted by Gasteiger charge is -2.19. The van der Waals surface area contributed by atoms with Crippen molar-refractivity contribution in [3.8, 4) is 0 Å². The fourth-order valence-corrected chi connectivity index (χ4v) is 4.00. The normalized spacial score (nSPS) is 25.2. The fraction of sp³-hybridized carbons (Fsp3) is 0.474. The van der Waals surface area contributed by atoms with Crippen LogP contribution in [0.1, 0.15) is 50.5 Å². The van der Waals surface area contributed by atoms with Crippen molar-refractivity contribution in [3.05, 3.63) is 41.8 Å². The number of fused-ring (bicyclic) bond motifs is 1. The van der Waals surface area contributed by atoms with Crippen LogP contribution in [0.25, 0.3) is 10.9 Å². The van der Waals surface area contributed by atoms with E-state index in [0.29, 0.717) is 6.42 Å². The number of pyridine rings is 1. The number of nitrogens with zero attached hydrogens (tertiary/aromatic N) is 1. The van der Waals surface area contributed by atoms with E-state index in [0.717, 1.165) is 42.1 Å². The summed E-state index contributed by atoms with van der Waals surface area (Å²) in [4.78, 5) is 15.8. The van der Waals surface area contributed by atoms with Crippen molar-refractivity contribution in [1.82, 2.24) is 4.98 Å². The van der Waals surface area contributed by atoms with Crippen LogP contribution in [-0.2, 0) is 4.79 Å². The lowest BCUT2D eigenvalue weighted by atomic mass is 9.86. The monoisotopic (exact) mass is 315 g/mol. The Balaban J connectivity index is 1.93. The number of carboxylic acid groups (broad SMARTS) is 1. The lowest BCUT2D eigenvalue weighted by Crippen LogP contribution is -2.21. The van der Waals surface area contributed by atoms with E-state index in [4.69, 9.17) is 0 Å². The molecule has 1 aliphatic carbocycles. The van der Waals surface area contributed by atoms with Gasteiger partial charge >= 0.3 is 5.97 Å². The Hall–Kier alpha value is -1.97. The molecule has 0 bridgehead atoms. The summed E-state index contributed by atoms with van der Waals surface area (Å²) in [6.07, 6.45) is 6.07. The number of rotatable bonds is 3. The quantitative estimate of drug-likeness (QED) is 0.831. The molecule has 0 radical (unpaired) electrons. The van der Waals surface area contributed by atoms with Gasteiger partial charge in [0, 0.05) is 11.6 Å². The van der Waals surface area contributed by atoms with Gasteiger partial charge in [-0.1, -0.05) is 13.3 Å². The van der Waals surface area contributed by atoms with E-state index in [9.17, 15) is 14.3 Å². The highest BCUT2D eigenvalue weighted by molar-refractivity contribution is 5.82. The summed E-state index contributed by atoms with van der Waals surface area (Å²) < 4.78 is 13.6. The van der Waals surface area contributed by atoms with Gasteiger partial charge in [-0.3, -0.25) is 9.78 Å². The van der Waals surface area contributed by atoms with Gasteiger partial charge in [-0.25, -0.2) is 4.39 Å². The largest absolute Gasteiger partial charge is 0.481 e. The van der Waals surface area contributed by atoms with Crippen molar-refractivity contribution in [1.29, 1.82) is 0 Å². The molecular formula is C19H22FNO2. The van der Waals surface area contributed by atoms with Gasteiger partial charge in [0.05, 0.1) is 11.4 Å². The topological polar surface area (TPSA) is 50.2 Å². The molecule has 0 amide bonds. The van der Waals surface area contributed by atoms with Crippen molar-refractivity contribution in [3.63, 3.8) is 0 Å². The second kappa shape index (κ2) is 6.65. The number of aliphatic carboxylic acids is 1. The van der Waals surface area contributed by atoms with Crippen LogP contribution >= 0.6 is 0 Å². The van der Waals surface area contributed by atoms with Crippen molar-refractivity contribution in [2.45, 2.75) is 44.9 Å². The zero-order valence-corrected chi connectivity index (χ0v) is 13.3. The Morgan fingerprint density at radius 2 is 2.04 bits per heavy atom. The van der Waals surface area contributed by atoms with Gasteiger partial charge in [-0.2, -0.15) is 0 Å². The highest BCUT2D eigenvalue weighted by Gasteiger charge is 2.32. The van der Waals surface area contributed by atoms with E-state index < -0.39 is 5.97 Å². The molecule has 1 saturated carbocycles. The highest BCUT2D eigenvalue weighted by atomic mass is 19.1. The molecule has 2 aromatic rings. The Bertz CT molecular complexity index is 716. The molecule has 1 fully saturated rings. The second-order valence-corrected chi connectivity index (χ2v) is 6.53. The number of benzene rings is 1. The predicted molar refractivity (Wildman–Crippen MR) is 87.8 cm³/mol. The van der Waals surface area contributed by atoms with Crippen LogP contribution in [0, 0.1) is 17.7 Å². The van der Waals surface area contributed by atoms with Crippen LogP contribution in [0.5, 0.6) is 0 Å². The summed E-state index contributed by atoms with van der Waals surface area (Å²) in [6, 6.07) is 6.66. The SMILES string of the molecule is CCC1CCC(c2ccnc3ccc(F)cc23)CCC1C(=O)O. The second-order valence-electron chi connectivity index (χ2n) is 6.53. The minimum absolute atomic E-state index is 0.238. The van der Waals surface area contributed by atoms with Gasteiger partial charge < -0.3 is 5.11 Å². The van der Waals surface area contributed by atoms with Gasteiger partial charge in [0.1, 0.15) is 5.82 Å². The summed E-state index contributed by atoms with van der Waals surface area (Å²) in [7, 11) is 0. The Labute approximate surface area is 135 Å². The predicted octanol–water partition coefficient (Wildman–Crippen LogP) is 4.76. The lowest BCUT2D eigenvalue weighted by molar-refractivity contribution is -0.144. The number of hydrogen-bond donors (Lipinski definition) is 1. The maximum Gasteiger partial charge on any atom is 0.306 e. The Kier molecular flexibility index (Phi) is 4.60. The first kappa shape index (κ1) is 15.9. The zero-order valence-electron chi connectivity index (χ0n) is 13.3. The molecule has 4 heteroatoms. The molecule has 0 saturated heterocycles. The molecule has 1 aromatic heterocycles. The molecule has 3 atom stereocenters. The molecule has 1 aromatic carbocycles. The van der Waals surface area contributed by atoms with Gasteiger partial charge in [0.25, 0.3) is 0 Å². The average molecular weight is 315 g/mol. The highest BCUT2D eigenvalue weighted by Crippen LogP contribution is 2.40. The van der Waals surface area contributed by atoms with E-state index in [-0.39, 0.29) is 23.6 Å². The third-order valence-corrected chi connectivity index (χ3v) is 5.30. The molecule has 3 unspecified atom stereocenters. The van der Waals surface area contributed by atoms with Gasteiger partial charge in [0.2, 0.25) is 0 Å². The molecular weight excluding hydrogens is 293 g/mol. The van der Waals surface area contributed by atoms with Gasteiger partial charge in [0.15, 0.2) is 0 Å². The summed E-state index contributed by atoms with van der Waals surface area (Å²) in [6.45, 7) is 2.07. The first-order chi connectivity index (χ1) is 11.1. The molecule has 23 heavy (non-hydrogen) atoms. The van der Waals surface area contributed by atoms with E-state index >= 15 is 0 Å². The van der Waals surface area contributed by atoms with Crippen LogP contribution in [-0.4, -0.2) is 16.1 Å². The molecule has 1 aliphatic rings. The van der Waals surface area contributed by atoms with Crippen LogP contribution in [0.4, 0.5) is 4.39 Å². The standard InChI is InChI=1S/C19H22FNO2/c1-2-12-3-4-13(5-7-16(12)19(22)23)15-9-10-21-18-8-6-14(20)11-17(15)18/h6,8-13,16H,2-5,7H2,1H3,(H,22,23). The average Bonchev–Trinajstić information content (AvgIpc) is 2.76. The number of halogens is 1. The number of aromatic nitrogens is 1. The molecule has 0 spiro atoms. The maximum atomic E-state index is 13.6. The van der Waals surface area contributed by atoms with E-state index in [2.05, 4.69) is 11.9 Å². The number of carbonyl (C=O) groups is 1. The van der Waals surface area contributed by atoms with Gasteiger partial charge in [-0.15, -0.1) is 0 Å². The zero-order chi connectivity index (χ0) is 16.4. The van der Waals surface area contributed by atoms with Crippen LogP contribution in [0.15, 0.2) is 30.5 Å². The van der Waals surface area contributed by atoms with E-state index in [1.165, 1.54) is 6.07 Å². The molecule has 3 nitrogen and oxygen atoms in total. The van der Waals surface area contributed by atoms with Crippen LogP contribution in [0.2, 0.25) is 0 Å². The minimum Gasteiger partial charge on any atom is -0.481 e. The molecule has 1 N–H and O–H groups in total. The number of carboxylic acids is 1. The summed E-state index contributed by atoms with van der Waals surface area (Å²) in [5.74, 6) is -0.670. The number of hydrogen-bond acceptors (Lipinski definition) is 2. The van der Waals surface area contributed by atoms with Crippen LogP contribution in [0.3, 0.4) is 0 Å². The maximum absolute atomic E-state index is 13.6. The summed E-state index contributed by atoms with van der Waals surface area (Å²) in [5, 5.41) is 10.3. The molecule has 1 heterocycles. The fourth-order valence-electron chi connectivity index (χ4n) is 4.00. The van der Waals surface area contributed by atoms with E-state index in [1.54, 1.807) is 18.3 Å². The first-order valence-electron chi connectivity index (χ1n) is 8.37. The summed E-state index contributed by atoms with van der Waals surface area (Å²) >= 11 is 0. The smallest absolute Gasteiger partial charge is 0.306 e. The molecule has 122 valence electrons. The van der Waals surface area contributed by atoms with Crippen molar-refractivity contribution >= 4 is 16.9 Å². The third-order valence-electron chi connectivity index (χ3n) is 5.30. The van der Waals surface area contributed by atoms with Crippen LogP contribution < -0.4 is 0 Å². The summed E-state index contributed by atoms with van der Waals surface area (Å²) in [5.41, 5.74) is 1.91. The third kappa shape index (κ3) is 3.21. The van der Waals surface area contributed by atoms with Crippen molar-refractivity contribution in [2.75, 3.05) is 0 Å². The van der Waals surface area contributed by atoms with Crippen molar-refractivity contribution in [2.24, 2.45) is 11.8 Å². The van der Waals surface area contributed by atoms with Crippen molar-refractivity contribution < 1.29 is 14.3 Å². The minimum atomic E-state index is -0.678. The Morgan fingerprint density at radius 1 is 1.26 bits per heavy atom. The van der Waals surface area contributed by atoms with Gasteiger partial charge in [-0.05, 0) is 67.3 Å². The van der Waals surface area contributed by atoms with E-state index in [1.807, 2.05) is 6.07 Å². The first-order valence-corrected chi connectivity index (χ1v) is 8.37. The Morgan fingerprint density at radius 3 is 2.78 bits per heavy atom. The molecule has 3 rings (SSSR count). The molecule has 0 aliphatic heterocycles.